The summed E-state index contributed by atoms with van der Waals surface area (Å²) in [6.07, 6.45) is 1.57. The lowest BCUT2D eigenvalue weighted by atomic mass is 10.1. The Labute approximate surface area is 132 Å². The monoisotopic (exact) mass is 302 g/mol. The zero-order chi connectivity index (χ0) is 15.8. The van der Waals surface area contributed by atoms with Gasteiger partial charge in [0.05, 0.1) is 11.3 Å². The highest BCUT2D eigenvalue weighted by atomic mass is 15.3. The quantitative estimate of drug-likeness (QED) is 0.593. The van der Waals surface area contributed by atoms with Crippen LogP contribution in [0.2, 0.25) is 0 Å². The molecule has 0 aliphatic heterocycles. The number of nitrogens with zero attached hydrogens (tertiary/aromatic N) is 4. The summed E-state index contributed by atoms with van der Waals surface area (Å²) >= 11 is 0. The highest BCUT2D eigenvalue weighted by molar-refractivity contribution is 5.81. The van der Waals surface area contributed by atoms with Crippen LogP contribution in [-0.2, 0) is 0 Å². The maximum Gasteiger partial charge on any atom is 0.187 e. The van der Waals surface area contributed by atoms with Crippen LogP contribution in [-0.4, -0.2) is 19.6 Å². The molecule has 0 fully saturated rings. The molecule has 4 rings (SSSR count). The van der Waals surface area contributed by atoms with E-state index in [9.17, 15) is 0 Å². The van der Waals surface area contributed by atoms with Crippen molar-refractivity contribution in [3.05, 3.63) is 60.8 Å². The third kappa shape index (κ3) is 2.17. The molecule has 6 nitrogen and oxygen atoms in total. The third-order valence-corrected chi connectivity index (χ3v) is 3.67. The van der Waals surface area contributed by atoms with Crippen molar-refractivity contribution in [3.8, 4) is 22.6 Å². The van der Waals surface area contributed by atoms with Gasteiger partial charge in [-0.3, -0.25) is 0 Å². The van der Waals surface area contributed by atoms with E-state index in [4.69, 9.17) is 11.5 Å². The number of fused-ring (bicyclic) bond motifs is 1. The van der Waals surface area contributed by atoms with Crippen LogP contribution < -0.4 is 11.5 Å². The van der Waals surface area contributed by atoms with Crippen LogP contribution in [0.1, 0.15) is 0 Å². The van der Waals surface area contributed by atoms with Crippen molar-refractivity contribution in [2.24, 2.45) is 0 Å². The Kier molecular flexibility index (Phi) is 2.94. The van der Waals surface area contributed by atoms with Crippen LogP contribution in [0.5, 0.6) is 0 Å². The molecule has 0 aliphatic rings. The van der Waals surface area contributed by atoms with Crippen molar-refractivity contribution in [3.63, 3.8) is 0 Å². The van der Waals surface area contributed by atoms with E-state index in [2.05, 4.69) is 15.1 Å². The Morgan fingerprint density at radius 3 is 2.48 bits per heavy atom. The molecule has 0 bridgehead atoms. The number of nitrogens with two attached hydrogens (primary N) is 2. The summed E-state index contributed by atoms with van der Waals surface area (Å²) in [5.74, 6) is 0.790. The summed E-state index contributed by atoms with van der Waals surface area (Å²) in [6.45, 7) is 0. The minimum atomic E-state index is 0.321. The second kappa shape index (κ2) is 5.10. The Morgan fingerprint density at radius 2 is 1.70 bits per heavy atom. The van der Waals surface area contributed by atoms with E-state index in [0.29, 0.717) is 22.9 Å². The van der Waals surface area contributed by atoms with Crippen molar-refractivity contribution < 1.29 is 0 Å². The zero-order valence-electron chi connectivity index (χ0n) is 12.2. The smallest absolute Gasteiger partial charge is 0.187 e. The van der Waals surface area contributed by atoms with E-state index in [1.807, 2.05) is 48.5 Å². The molecule has 0 spiro atoms. The number of benzene rings is 1. The molecule has 4 N–H and O–H groups in total. The summed E-state index contributed by atoms with van der Waals surface area (Å²) in [6, 6.07) is 17.6. The summed E-state index contributed by atoms with van der Waals surface area (Å²) in [5, 5.41) is 4.59. The maximum atomic E-state index is 6.02. The Bertz CT molecular complexity index is 970. The van der Waals surface area contributed by atoms with Gasteiger partial charge in [-0.05, 0) is 18.2 Å². The molecule has 6 heteroatoms. The number of anilines is 2. The lowest BCUT2D eigenvalue weighted by Crippen LogP contribution is -2.00. The first-order valence-corrected chi connectivity index (χ1v) is 7.15. The summed E-state index contributed by atoms with van der Waals surface area (Å²) in [4.78, 5) is 8.62. The second-order valence-electron chi connectivity index (χ2n) is 5.14. The highest BCUT2D eigenvalue weighted by Gasteiger charge is 2.15. The van der Waals surface area contributed by atoms with Gasteiger partial charge in [-0.15, -0.1) is 5.10 Å². The second-order valence-corrected chi connectivity index (χ2v) is 5.14. The number of hydrogen-bond acceptors (Lipinski definition) is 5. The van der Waals surface area contributed by atoms with E-state index in [1.54, 1.807) is 16.8 Å². The Morgan fingerprint density at radius 1 is 0.870 bits per heavy atom. The van der Waals surface area contributed by atoms with Crippen LogP contribution in [0.3, 0.4) is 0 Å². The predicted octanol–water partition coefficient (Wildman–Crippen LogP) is 2.62. The molecule has 4 aromatic rings. The molecular formula is C17H14N6. The highest BCUT2D eigenvalue weighted by Crippen LogP contribution is 2.29. The number of rotatable bonds is 2. The molecule has 0 aliphatic carbocycles. The van der Waals surface area contributed by atoms with Crippen LogP contribution in [0.25, 0.3) is 28.3 Å². The van der Waals surface area contributed by atoms with Crippen LogP contribution in [0, 0.1) is 0 Å². The van der Waals surface area contributed by atoms with Gasteiger partial charge in [0, 0.05) is 17.4 Å². The van der Waals surface area contributed by atoms with Gasteiger partial charge in [-0.2, -0.15) is 0 Å². The van der Waals surface area contributed by atoms with Crippen molar-refractivity contribution in [2.45, 2.75) is 0 Å². The summed E-state index contributed by atoms with van der Waals surface area (Å²) in [7, 11) is 0. The number of nitrogen functional groups attached to an aromatic ring is 2. The van der Waals surface area contributed by atoms with Crippen molar-refractivity contribution in [1.29, 1.82) is 0 Å². The van der Waals surface area contributed by atoms with Crippen LogP contribution in [0.4, 0.5) is 11.5 Å². The van der Waals surface area contributed by atoms with Crippen LogP contribution in [0.15, 0.2) is 60.8 Å². The molecule has 3 aromatic heterocycles. The molecule has 0 saturated heterocycles. The fourth-order valence-corrected chi connectivity index (χ4v) is 2.58. The average Bonchev–Trinajstić information content (AvgIpc) is 2.99. The number of aromatic nitrogens is 4. The molecule has 23 heavy (non-hydrogen) atoms. The minimum Gasteiger partial charge on any atom is -0.398 e. The zero-order valence-corrected chi connectivity index (χ0v) is 12.2. The Balaban J connectivity index is 1.96. The lowest BCUT2D eigenvalue weighted by Gasteiger charge is -2.04. The minimum absolute atomic E-state index is 0.321. The van der Waals surface area contributed by atoms with Crippen LogP contribution >= 0.6 is 0 Å². The number of pyridine rings is 2. The van der Waals surface area contributed by atoms with Gasteiger partial charge < -0.3 is 11.5 Å². The number of hydrogen-bond donors (Lipinski definition) is 2. The van der Waals surface area contributed by atoms with Crippen molar-refractivity contribution in [2.75, 3.05) is 11.5 Å². The molecule has 0 unspecified atom stereocenters. The van der Waals surface area contributed by atoms with E-state index in [-0.39, 0.29) is 0 Å². The van der Waals surface area contributed by atoms with Gasteiger partial charge >= 0.3 is 0 Å². The SMILES string of the molecule is Nc1ccnc(N)c1-c1nc2cccc(-c3ccccc3)n2n1. The standard InChI is InChI=1S/C17H14N6/c18-12-9-10-20-16(19)15(12)17-21-14-8-4-7-13(23(14)22-17)11-5-2-1-3-6-11/h1-10H,(H4,18,19,20). The Hall–Kier alpha value is -3.41. The van der Waals surface area contributed by atoms with Crippen molar-refractivity contribution in [1.82, 2.24) is 19.6 Å². The molecule has 0 radical (unpaired) electrons. The molecule has 0 atom stereocenters. The molecular weight excluding hydrogens is 288 g/mol. The topological polar surface area (TPSA) is 95.1 Å². The first kappa shape index (κ1) is 13.3. The first-order valence-electron chi connectivity index (χ1n) is 7.15. The molecule has 1 aromatic carbocycles. The van der Waals surface area contributed by atoms with Gasteiger partial charge in [0.2, 0.25) is 0 Å². The third-order valence-electron chi connectivity index (χ3n) is 3.67. The van der Waals surface area contributed by atoms with Gasteiger partial charge in [0.25, 0.3) is 0 Å². The lowest BCUT2D eigenvalue weighted by molar-refractivity contribution is 0.974. The first-order chi connectivity index (χ1) is 11.2. The normalized spacial score (nSPS) is 11.0. The van der Waals surface area contributed by atoms with Crippen molar-refractivity contribution >= 4 is 17.2 Å². The van der Waals surface area contributed by atoms with E-state index in [0.717, 1.165) is 16.9 Å². The van der Waals surface area contributed by atoms with Gasteiger partial charge in [-0.1, -0.05) is 36.4 Å². The van der Waals surface area contributed by atoms with Gasteiger partial charge in [0.15, 0.2) is 11.5 Å². The fourth-order valence-electron chi connectivity index (χ4n) is 2.58. The summed E-state index contributed by atoms with van der Waals surface area (Å²) < 4.78 is 1.79. The van der Waals surface area contributed by atoms with E-state index >= 15 is 0 Å². The molecule has 0 amide bonds. The maximum absolute atomic E-state index is 6.02. The fraction of sp³-hybridized carbons (Fsp3) is 0. The molecule has 0 saturated carbocycles. The van der Waals surface area contributed by atoms with E-state index in [1.165, 1.54) is 0 Å². The largest absolute Gasteiger partial charge is 0.398 e. The van der Waals surface area contributed by atoms with Gasteiger partial charge in [0.1, 0.15) is 5.82 Å². The molecule has 3 heterocycles. The van der Waals surface area contributed by atoms with E-state index < -0.39 is 0 Å². The molecule has 112 valence electrons. The average molecular weight is 302 g/mol. The summed E-state index contributed by atoms with van der Waals surface area (Å²) in [5.41, 5.74) is 15.8. The van der Waals surface area contributed by atoms with Gasteiger partial charge in [-0.25, -0.2) is 14.5 Å². The predicted molar refractivity (Wildman–Crippen MR) is 90.5 cm³/mol.